The van der Waals surface area contributed by atoms with Crippen molar-refractivity contribution in [3.63, 3.8) is 0 Å². The minimum absolute atomic E-state index is 0.109. The third-order valence-electron chi connectivity index (χ3n) is 2.87. The average Bonchev–Trinajstić information content (AvgIpc) is 2.72. The van der Waals surface area contributed by atoms with E-state index in [1.165, 1.54) is 6.07 Å². The number of nitrogen functional groups attached to an aromatic ring is 1. The van der Waals surface area contributed by atoms with Gasteiger partial charge in [0.25, 0.3) is 0 Å². The standard InChI is InChI=1S/C10H12F3N3O6/c11-10(12,13)22-21-7-6(18)4(3-17)20-8(7)16-2-1-5(14)15-9(16)19/h1-2,4,6-8,17-18H,3H2,(H2,14,15,19)/t4-,6?,7?,8-/m1/s1. The van der Waals surface area contributed by atoms with Gasteiger partial charge in [0, 0.05) is 6.20 Å². The maximum absolute atomic E-state index is 12.1. The molecule has 1 aliphatic heterocycles. The summed E-state index contributed by atoms with van der Waals surface area (Å²) < 4.78 is 42.1. The third-order valence-corrected chi connectivity index (χ3v) is 2.87. The molecule has 1 fully saturated rings. The van der Waals surface area contributed by atoms with Gasteiger partial charge in [0.15, 0.2) is 12.3 Å². The summed E-state index contributed by atoms with van der Waals surface area (Å²) in [6.45, 7) is -0.708. The van der Waals surface area contributed by atoms with Crippen molar-refractivity contribution in [1.82, 2.24) is 9.55 Å². The van der Waals surface area contributed by atoms with Gasteiger partial charge in [-0.2, -0.15) is 4.98 Å². The quantitative estimate of drug-likeness (QED) is 0.470. The van der Waals surface area contributed by atoms with Gasteiger partial charge < -0.3 is 20.7 Å². The average molecular weight is 327 g/mol. The Hall–Kier alpha value is -1.73. The zero-order valence-electron chi connectivity index (χ0n) is 10.8. The molecule has 1 aromatic rings. The molecule has 0 aliphatic carbocycles. The first-order chi connectivity index (χ1) is 10.2. The number of halogens is 3. The smallest absolute Gasteiger partial charge is 0.394 e. The third kappa shape index (κ3) is 3.53. The van der Waals surface area contributed by atoms with Crippen molar-refractivity contribution in [2.45, 2.75) is 30.9 Å². The second-order valence-electron chi connectivity index (χ2n) is 4.37. The summed E-state index contributed by atoms with van der Waals surface area (Å²) in [4.78, 5) is 22.4. The summed E-state index contributed by atoms with van der Waals surface area (Å²) in [6.07, 6.45) is -10.2. The Balaban J connectivity index is 2.27. The van der Waals surface area contributed by atoms with Crippen molar-refractivity contribution < 1.29 is 37.9 Å². The van der Waals surface area contributed by atoms with Crippen LogP contribution in [-0.4, -0.2) is 51.0 Å². The number of anilines is 1. The summed E-state index contributed by atoms with van der Waals surface area (Å²) >= 11 is 0. The molecule has 1 aromatic heterocycles. The van der Waals surface area contributed by atoms with E-state index in [-0.39, 0.29) is 5.82 Å². The Morgan fingerprint density at radius 3 is 2.73 bits per heavy atom. The highest BCUT2D eigenvalue weighted by Crippen LogP contribution is 2.32. The van der Waals surface area contributed by atoms with Gasteiger partial charge in [0.2, 0.25) is 0 Å². The number of hydrogen-bond acceptors (Lipinski definition) is 8. The molecule has 22 heavy (non-hydrogen) atoms. The maximum atomic E-state index is 12.1. The Kier molecular flexibility index (Phi) is 4.67. The lowest BCUT2D eigenvalue weighted by atomic mass is 10.1. The van der Waals surface area contributed by atoms with E-state index in [0.29, 0.717) is 0 Å². The van der Waals surface area contributed by atoms with Gasteiger partial charge in [0.05, 0.1) is 6.61 Å². The molecule has 1 saturated heterocycles. The van der Waals surface area contributed by atoms with Crippen molar-refractivity contribution in [2.75, 3.05) is 12.3 Å². The first kappa shape index (κ1) is 16.6. The largest absolute Gasteiger partial charge is 0.549 e. The SMILES string of the molecule is Nc1ccn([C@@H]2O[C@H](CO)C(O)C2OOC(F)(F)F)c(=O)n1. The molecule has 12 heteroatoms. The number of aliphatic hydroxyl groups is 2. The molecule has 2 heterocycles. The number of nitrogens with two attached hydrogens (primary N) is 1. The number of rotatable bonds is 4. The minimum Gasteiger partial charge on any atom is -0.394 e. The van der Waals surface area contributed by atoms with Crippen LogP contribution >= 0.6 is 0 Å². The first-order valence-corrected chi connectivity index (χ1v) is 5.93. The monoisotopic (exact) mass is 327 g/mol. The van der Waals surface area contributed by atoms with E-state index in [1.54, 1.807) is 0 Å². The Bertz CT molecular complexity index is 580. The fraction of sp³-hybridized carbons (Fsp3) is 0.600. The Labute approximate surface area is 120 Å². The molecule has 124 valence electrons. The molecule has 1 aliphatic rings. The minimum atomic E-state index is -5.12. The van der Waals surface area contributed by atoms with Gasteiger partial charge in [-0.25, -0.2) is 9.68 Å². The maximum Gasteiger partial charge on any atom is 0.549 e. The topological polar surface area (TPSA) is 129 Å². The summed E-state index contributed by atoms with van der Waals surface area (Å²) in [5, 5.41) is 18.8. The fourth-order valence-electron chi connectivity index (χ4n) is 1.93. The van der Waals surface area contributed by atoms with E-state index in [9.17, 15) is 23.1 Å². The van der Waals surface area contributed by atoms with Crippen LogP contribution in [0.4, 0.5) is 19.0 Å². The fourth-order valence-corrected chi connectivity index (χ4v) is 1.93. The number of aromatic nitrogens is 2. The van der Waals surface area contributed by atoms with Crippen molar-refractivity contribution in [3.8, 4) is 0 Å². The molecule has 4 N–H and O–H groups in total. The van der Waals surface area contributed by atoms with E-state index < -0.39 is 43.2 Å². The second-order valence-corrected chi connectivity index (χ2v) is 4.37. The highest BCUT2D eigenvalue weighted by molar-refractivity contribution is 5.23. The summed E-state index contributed by atoms with van der Waals surface area (Å²) in [5.41, 5.74) is 4.36. The first-order valence-electron chi connectivity index (χ1n) is 5.93. The van der Waals surface area contributed by atoms with Crippen LogP contribution in [0.3, 0.4) is 0 Å². The number of nitrogens with zero attached hydrogens (tertiary/aromatic N) is 2. The number of ether oxygens (including phenoxy) is 1. The van der Waals surface area contributed by atoms with Gasteiger partial charge in [-0.1, -0.05) is 0 Å². The zero-order valence-corrected chi connectivity index (χ0v) is 10.8. The molecular formula is C10H12F3N3O6. The van der Waals surface area contributed by atoms with Crippen LogP contribution in [0.5, 0.6) is 0 Å². The van der Waals surface area contributed by atoms with Gasteiger partial charge in [-0.15, -0.1) is 18.1 Å². The van der Waals surface area contributed by atoms with Gasteiger partial charge in [-0.3, -0.25) is 4.57 Å². The summed E-state index contributed by atoms with van der Waals surface area (Å²) in [7, 11) is 0. The molecule has 4 atom stereocenters. The number of aliphatic hydroxyl groups excluding tert-OH is 2. The van der Waals surface area contributed by atoms with Gasteiger partial charge in [0.1, 0.15) is 18.0 Å². The predicted octanol–water partition coefficient (Wildman–Crippen LogP) is -1.09. The van der Waals surface area contributed by atoms with E-state index >= 15 is 0 Å². The van der Waals surface area contributed by atoms with Crippen LogP contribution in [-0.2, 0) is 14.5 Å². The molecule has 9 nitrogen and oxygen atoms in total. The van der Waals surface area contributed by atoms with Crippen molar-refractivity contribution in [1.29, 1.82) is 0 Å². The molecule has 0 radical (unpaired) electrons. The molecule has 2 unspecified atom stereocenters. The molecule has 0 amide bonds. The van der Waals surface area contributed by atoms with Crippen LogP contribution in [0, 0.1) is 0 Å². The molecule has 0 saturated carbocycles. The van der Waals surface area contributed by atoms with Gasteiger partial charge >= 0.3 is 12.1 Å². The summed E-state index contributed by atoms with van der Waals surface area (Å²) in [6, 6.07) is 1.20. The van der Waals surface area contributed by atoms with Crippen LogP contribution in [0.1, 0.15) is 6.23 Å². The van der Waals surface area contributed by atoms with Crippen LogP contribution in [0.25, 0.3) is 0 Å². The van der Waals surface area contributed by atoms with Crippen LogP contribution in [0.15, 0.2) is 17.1 Å². The van der Waals surface area contributed by atoms with E-state index in [1.807, 2.05) is 0 Å². The lowest BCUT2D eigenvalue weighted by Crippen LogP contribution is -2.39. The van der Waals surface area contributed by atoms with Crippen molar-refractivity contribution >= 4 is 5.82 Å². The summed E-state index contributed by atoms with van der Waals surface area (Å²) in [5.74, 6) is -0.109. The van der Waals surface area contributed by atoms with Crippen LogP contribution in [0.2, 0.25) is 0 Å². The number of alkyl halides is 3. The van der Waals surface area contributed by atoms with Crippen molar-refractivity contribution in [2.24, 2.45) is 0 Å². The van der Waals surface area contributed by atoms with E-state index in [4.69, 9.17) is 15.6 Å². The highest BCUT2D eigenvalue weighted by Gasteiger charge is 2.48. The lowest BCUT2D eigenvalue weighted by Gasteiger charge is -2.21. The van der Waals surface area contributed by atoms with Gasteiger partial charge in [-0.05, 0) is 6.07 Å². The second kappa shape index (κ2) is 6.18. The zero-order chi connectivity index (χ0) is 16.5. The van der Waals surface area contributed by atoms with E-state index in [2.05, 4.69) is 14.8 Å². The predicted molar refractivity (Wildman–Crippen MR) is 61.9 cm³/mol. The lowest BCUT2D eigenvalue weighted by molar-refractivity contribution is -0.503. The molecule has 2 rings (SSSR count). The Morgan fingerprint density at radius 2 is 2.18 bits per heavy atom. The molecule has 0 aromatic carbocycles. The van der Waals surface area contributed by atoms with Crippen molar-refractivity contribution in [3.05, 3.63) is 22.7 Å². The molecule has 0 bridgehead atoms. The normalized spacial score (nSPS) is 29.0. The molecule has 0 spiro atoms. The van der Waals surface area contributed by atoms with Crippen LogP contribution < -0.4 is 11.4 Å². The number of hydrogen-bond donors (Lipinski definition) is 3. The highest BCUT2D eigenvalue weighted by atomic mass is 19.4. The van der Waals surface area contributed by atoms with E-state index in [0.717, 1.165) is 10.8 Å². The molecular weight excluding hydrogens is 315 g/mol. The Morgan fingerprint density at radius 1 is 1.50 bits per heavy atom.